The Labute approximate surface area is 127 Å². The van der Waals surface area contributed by atoms with E-state index in [0.29, 0.717) is 0 Å². The third-order valence-electron chi connectivity index (χ3n) is 3.61. The predicted octanol–water partition coefficient (Wildman–Crippen LogP) is 4.12. The highest BCUT2D eigenvalue weighted by Crippen LogP contribution is 2.25. The number of nitrogens with one attached hydrogen (secondary N) is 1. The Morgan fingerprint density at radius 2 is 1.95 bits per heavy atom. The normalized spacial score (nSPS) is 19.5. The van der Waals surface area contributed by atoms with E-state index < -0.39 is 6.36 Å². The molecule has 1 aliphatic carbocycles. The minimum Gasteiger partial charge on any atom is -0.406 e. The summed E-state index contributed by atoms with van der Waals surface area (Å²) >= 11 is 0. The zero-order valence-corrected chi connectivity index (χ0v) is 12.2. The molecule has 0 saturated carbocycles. The summed E-state index contributed by atoms with van der Waals surface area (Å²) in [6.45, 7) is 1.80. The van der Waals surface area contributed by atoms with Gasteiger partial charge in [-0.2, -0.15) is 0 Å². The fourth-order valence-corrected chi connectivity index (χ4v) is 2.40. The lowest BCUT2D eigenvalue weighted by Gasteiger charge is -2.21. The molecule has 22 heavy (non-hydrogen) atoms. The maximum absolute atomic E-state index is 12.1. The molecule has 2 atom stereocenters. The summed E-state index contributed by atoms with van der Waals surface area (Å²) in [6, 6.07) is 5.27. The van der Waals surface area contributed by atoms with Crippen LogP contribution in [0.4, 0.5) is 13.2 Å². The van der Waals surface area contributed by atoms with Crippen LogP contribution in [-0.4, -0.2) is 12.3 Å². The van der Waals surface area contributed by atoms with Gasteiger partial charge in [0.05, 0.1) is 6.04 Å². The fraction of sp³-hybridized carbons (Fsp3) is 0.438. The first-order valence-corrected chi connectivity index (χ1v) is 7.16. The van der Waals surface area contributed by atoms with Gasteiger partial charge in [0.2, 0.25) is 5.91 Å². The van der Waals surface area contributed by atoms with Crippen molar-refractivity contribution in [2.75, 3.05) is 0 Å². The van der Waals surface area contributed by atoms with Crippen LogP contribution in [0.15, 0.2) is 36.4 Å². The fourth-order valence-electron chi connectivity index (χ4n) is 2.40. The van der Waals surface area contributed by atoms with Gasteiger partial charge < -0.3 is 10.1 Å². The van der Waals surface area contributed by atoms with Crippen molar-refractivity contribution in [2.45, 2.75) is 38.6 Å². The van der Waals surface area contributed by atoms with Gasteiger partial charge >= 0.3 is 6.36 Å². The highest BCUT2D eigenvalue weighted by Gasteiger charge is 2.31. The monoisotopic (exact) mass is 313 g/mol. The van der Waals surface area contributed by atoms with E-state index in [4.69, 9.17) is 0 Å². The van der Waals surface area contributed by atoms with Crippen molar-refractivity contribution in [2.24, 2.45) is 5.92 Å². The molecule has 2 rings (SSSR count). The van der Waals surface area contributed by atoms with E-state index in [2.05, 4.69) is 16.1 Å². The zero-order chi connectivity index (χ0) is 16.2. The van der Waals surface area contributed by atoms with Crippen LogP contribution >= 0.6 is 0 Å². The van der Waals surface area contributed by atoms with Gasteiger partial charge in [0.15, 0.2) is 0 Å². The molecule has 120 valence electrons. The molecule has 3 nitrogen and oxygen atoms in total. The summed E-state index contributed by atoms with van der Waals surface area (Å²) in [6.07, 6.45) is 1.82. The SMILES string of the molecule is C[C@@H](NC(=O)[C@@H]1CC=CCC1)c1ccc(OC(F)(F)F)cc1. The van der Waals surface area contributed by atoms with Crippen LogP contribution < -0.4 is 10.1 Å². The minimum absolute atomic E-state index is 0.0209. The highest BCUT2D eigenvalue weighted by atomic mass is 19.4. The second-order valence-corrected chi connectivity index (χ2v) is 5.33. The maximum Gasteiger partial charge on any atom is 0.573 e. The molecule has 1 aromatic carbocycles. The molecule has 6 heteroatoms. The average molecular weight is 313 g/mol. The van der Waals surface area contributed by atoms with Gasteiger partial charge in [-0.1, -0.05) is 24.3 Å². The third kappa shape index (κ3) is 4.79. The Morgan fingerprint density at radius 1 is 1.27 bits per heavy atom. The van der Waals surface area contributed by atoms with E-state index in [0.717, 1.165) is 24.8 Å². The van der Waals surface area contributed by atoms with E-state index in [1.807, 2.05) is 6.08 Å². The Bertz CT molecular complexity index is 537. The molecule has 0 aromatic heterocycles. The quantitative estimate of drug-likeness (QED) is 0.849. The first-order chi connectivity index (χ1) is 10.3. The number of benzene rings is 1. The standard InChI is InChI=1S/C16H18F3NO2/c1-11(20-15(21)13-5-3-2-4-6-13)12-7-9-14(10-8-12)22-16(17,18)19/h2-3,7-11,13H,4-6H2,1H3,(H,20,21)/t11-,13-/m1/s1. The van der Waals surface area contributed by atoms with E-state index in [-0.39, 0.29) is 23.6 Å². The van der Waals surface area contributed by atoms with Gasteiger partial charge in [-0.25, -0.2) is 0 Å². The Hall–Kier alpha value is -1.98. The van der Waals surface area contributed by atoms with Gasteiger partial charge in [-0.05, 0) is 43.9 Å². The van der Waals surface area contributed by atoms with Crippen molar-refractivity contribution in [3.05, 3.63) is 42.0 Å². The van der Waals surface area contributed by atoms with E-state index >= 15 is 0 Å². The van der Waals surface area contributed by atoms with Crippen LogP contribution in [0, 0.1) is 5.92 Å². The number of halogens is 3. The first-order valence-electron chi connectivity index (χ1n) is 7.16. The van der Waals surface area contributed by atoms with Gasteiger partial charge in [-0.15, -0.1) is 13.2 Å². The third-order valence-corrected chi connectivity index (χ3v) is 3.61. The molecule has 0 aliphatic heterocycles. The molecule has 1 amide bonds. The van der Waals surface area contributed by atoms with E-state index in [1.165, 1.54) is 24.3 Å². The molecule has 1 aliphatic rings. The number of carbonyl (C=O) groups is 1. The molecular formula is C16H18F3NO2. The zero-order valence-electron chi connectivity index (χ0n) is 12.2. The van der Waals surface area contributed by atoms with Crippen LogP contribution in [0.3, 0.4) is 0 Å². The minimum atomic E-state index is -4.70. The van der Waals surface area contributed by atoms with E-state index in [1.54, 1.807) is 6.92 Å². The molecule has 0 fully saturated rings. The smallest absolute Gasteiger partial charge is 0.406 e. The van der Waals surface area contributed by atoms with Gasteiger partial charge in [0.25, 0.3) is 0 Å². The summed E-state index contributed by atoms with van der Waals surface area (Å²) < 4.78 is 40.1. The molecule has 0 radical (unpaired) electrons. The molecule has 0 heterocycles. The molecule has 0 spiro atoms. The Kier molecular flexibility index (Phi) is 5.11. The number of ether oxygens (including phenoxy) is 1. The summed E-state index contributed by atoms with van der Waals surface area (Å²) in [7, 11) is 0. The molecule has 0 unspecified atom stereocenters. The second-order valence-electron chi connectivity index (χ2n) is 5.33. The molecule has 0 saturated heterocycles. The summed E-state index contributed by atoms with van der Waals surface area (Å²) in [5.41, 5.74) is 0.731. The van der Waals surface area contributed by atoms with Crippen LogP contribution in [0.25, 0.3) is 0 Å². The maximum atomic E-state index is 12.1. The number of carbonyl (C=O) groups excluding carboxylic acids is 1. The van der Waals surface area contributed by atoms with Gasteiger partial charge in [-0.3, -0.25) is 4.79 Å². The van der Waals surface area contributed by atoms with Crippen LogP contribution in [0.5, 0.6) is 5.75 Å². The lowest BCUT2D eigenvalue weighted by Crippen LogP contribution is -2.33. The van der Waals surface area contributed by atoms with E-state index in [9.17, 15) is 18.0 Å². The molecule has 0 bridgehead atoms. The second kappa shape index (κ2) is 6.85. The highest BCUT2D eigenvalue weighted by molar-refractivity contribution is 5.79. The van der Waals surface area contributed by atoms with Gasteiger partial charge in [0, 0.05) is 5.92 Å². The predicted molar refractivity (Wildman–Crippen MR) is 76.2 cm³/mol. The number of hydrogen-bond acceptors (Lipinski definition) is 2. The summed E-state index contributed by atoms with van der Waals surface area (Å²) in [5.74, 6) is -0.319. The van der Waals surface area contributed by atoms with Crippen molar-refractivity contribution in [1.82, 2.24) is 5.32 Å². The first kappa shape index (κ1) is 16.4. The lowest BCUT2D eigenvalue weighted by molar-refractivity contribution is -0.274. The van der Waals surface area contributed by atoms with Crippen LogP contribution in [-0.2, 0) is 4.79 Å². The molecular weight excluding hydrogens is 295 g/mol. The number of alkyl halides is 3. The van der Waals surface area contributed by atoms with Crippen molar-refractivity contribution >= 4 is 5.91 Å². The lowest BCUT2D eigenvalue weighted by atomic mass is 9.93. The van der Waals surface area contributed by atoms with Crippen molar-refractivity contribution in [1.29, 1.82) is 0 Å². The number of hydrogen-bond donors (Lipinski definition) is 1. The number of allylic oxidation sites excluding steroid dienone is 2. The van der Waals surface area contributed by atoms with Crippen LogP contribution in [0.1, 0.15) is 37.8 Å². The summed E-state index contributed by atoms with van der Waals surface area (Å²) in [5, 5.41) is 2.90. The Morgan fingerprint density at radius 3 is 2.50 bits per heavy atom. The topological polar surface area (TPSA) is 38.3 Å². The van der Waals surface area contributed by atoms with Gasteiger partial charge in [0.1, 0.15) is 5.75 Å². The van der Waals surface area contributed by atoms with Crippen molar-refractivity contribution in [3.8, 4) is 5.75 Å². The van der Waals surface area contributed by atoms with Crippen molar-refractivity contribution < 1.29 is 22.7 Å². The molecule has 1 aromatic rings. The largest absolute Gasteiger partial charge is 0.573 e. The Balaban J connectivity index is 1.93. The van der Waals surface area contributed by atoms with Crippen LogP contribution in [0.2, 0.25) is 0 Å². The average Bonchev–Trinajstić information content (AvgIpc) is 2.47. The summed E-state index contributed by atoms with van der Waals surface area (Å²) in [4.78, 5) is 12.1. The van der Waals surface area contributed by atoms with Crippen molar-refractivity contribution in [3.63, 3.8) is 0 Å². The molecule has 1 N–H and O–H groups in total. The number of amides is 1. The number of rotatable bonds is 4.